The van der Waals surface area contributed by atoms with Gasteiger partial charge in [0.15, 0.2) is 0 Å². The molecule has 0 aromatic rings. The fourth-order valence-electron chi connectivity index (χ4n) is 4.45. The molecule has 18 heavy (non-hydrogen) atoms. The molecule has 1 nitrogen and oxygen atoms in total. The van der Waals surface area contributed by atoms with E-state index in [1.807, 2.05) is 0 Å². The van der Waals surface area contributed by atoms with Gasteiger partial charge in [-0.1, -0.05) is 40.0 Å². The molecule has 0 radical (unpaired) electrons. The van der Waals surface area contributed by atoms with Crippen LogP contribution < -0.4 is 0 Å². The lowest BCUT2D eigenvalue weighted by atomic mass is 9.64. The van der Waals surface area contributed by atoms with Crippen LogP contribution in [0.15, 0.2) is 0 Å². The molecule has 0 amide bonds. The average Bonchev–Trinajstić information content (AvgIpc) is 2.63. The number of carbonyl (C=O) groups excluding carboxylic acids is 1. The Labute approximate surface area is 113 Å². The summed E-state index contributed by atoms with van der Waals surface area (Å²) in [6.07, 6.45) is 11.3. The van der Waals surface area contributed by atoms with Gasteiger partial charge in [-0.25, -0.2) is 0 Å². The molecule has 1 heteroatoms. The predicted molar refractivity (Wildman–Crippen MR) is 76.5 cm³/mol. The van der Waals surface area contributed by atoms with E-state index in [1.54, 1.807) is 0 Å². The minimum Gasteiger partial charge on any atom is -0.299 e. The zero-order valence-corrected chi connectivity index (χ0v) is 12.5. The van der Waals surface area contributed by atoms with Crippen molar-refractivity contribution in [1.29, 1.82) is 0 Å². The number of unbranched alkanes of at least 4 members (excludes halogenated alkanes) is 1. The van der Waals surface area contributed by atoms with Crippen LogP contribution in [0.1, 0.15) is 78.6 Å². The Hall–Kier alpha value is -0.330. The Kier molecular flexibility index (Phi) is 4.50. The number of hydrogen-bond acceptors (Lipinski definition) is 1. The van der Waals surface area contributed by atoms with E-state index in [2.05, 4.69) is 20.8 Å². The van der Waals surface area contributed by atoms with E-state index in [9.17, 15) is 4.79 Å². The molecule has 0 heterocycles. The summed E-state index contributed by atoms with van der Waals surface area (Å²) in [6, 6.07) is 0. The Bertz CT molecular complexity index is 294. The average molecular weight is 250 g/mol. The van der Waals surface area contributed by atoms with Crippen molar-refractivity contribution in [2.24, 2.45) is 23.2 Å². The zero-order chi connectivity index (χ0) is 13.2. The highest BCUT2D eigenvalue weighted by molar-refractivity contribution is 5.83. The second kappa shape index (κ2) is 5.75. The normalized spacial score (nSPS) is 36.1. The summed E-state index contributed by atoms with van der Waals surface area (Å²) >= 11 is 0. The summed E-state index contributed by atoms with van der Waals surface area (Å²) in [5.74, 6) is 2.67. The van der Waals surface area contributed by atoms with Crippen molar-refractivity contribution < 1.29 is 4.79 Å². The van der Waals surface area contributed by atoms with E-state index >= 15 is 0 Å². The van der Waals surface area contributed by atoms with E-state index in [0.29, 0.717) is 17.1 Å². The number of rotatable bonds is 5. The van der Waals surface area contributed by atoms with Crippen LogP contribution in [0.25, 0.3) is 0 Å². The third-order valence-electron chi connectivity index (χ3n) is 5.64. The summed E-state index contributed by atoms with van der Waals surface area (Å²) in [6.45, 7) is 7.04. The smallest absolute Gasteiger partial charge is 0.136 e. The maximum atomic E-state index is 12.0. The highest BCUT2D eigenvalue weighted by Crippen LogP contribution is 2.55. The number of carbonyl (C=O) groups is 1. The van der Waals surface area contributed by atoms with Crippen LogP contribution in [-0.2, 0) is 4.79 Å². The van der Waals surface area contributed by atoms with E-state index < -0.39 is 0 Å². The molecule has 2 aliphatic carbocycles. The summed E-state index contributed by atoms with van der Waals surface area (Å²) in [4.78, 5) is 12.0. The highest BCUT2D eigenvalue weighted by atomic mass is 16.1. The predicted octanol–water partition coefficient (Wildman–Crippen LogP) is 4.99. The van der Waals surface area contributed by atoms with Crippen molar-refractivity contribution in [2.45, 2.75) is 78.6 Å². The van der Waals surface area contributed by atoms with Crippen LogP contribution in [0, 0.1) is 23.2 Å². The quantitative estimate of drug-likeness (QED) is 0.628. The van der Waals surface area contributed by atoms with E-state index in [4.69, 9.17) is 0 Å². The first-order valence-electron chi connectivity index (χ1n) is 8.06. The maximum absolute atomic E-state index is 12.0. The van der Waals surface area contributed by atoms with Crippen LogP contribution >= 0.6 is 0 Å². The molecule has 3 atom stereocenters. The second-order valence-corrected chi connectivity index (χ2v) is 7.33. The van der Waals surface area contributed by atoms with Crippen molar-refractivity contribution in [2.75, 3.05) is 0 Å². The number of fused-ring (bicyclic) bond motifs is 1. The number of Topliss-reactive ketones (excluding diaryl/α,β-unsaturated/α-hetero) is 1. The van der Waals surface area contributed by atoms with Crippen molar-refractivity contribution in [3.8, 4) is 0 Å². The SMILES string of the molecule is CC(C)CCCC[C@H]1CC[C@H]2C(=O)CCC[C@]12C. The first-order chi connectivity index (χ1) is 8.54. The molecular weight excluding hydrogens is 220 g/mol. The molecule has 0 spiro atoms. The van der Waals surface area contributed by atoms with Crippen LogP contribution in [0.2, 0.25) is 0 Å². The fraction of sp³-hybridized carbons (Fsp3) is 0.941. The van der Waals surface area contributed by atoms with Gasteiger partial charge in [-0.2, -0.15) is 0 Å². The van der Waals surface area contributed by atoms with Crippen LogP contribution in [0.3, 0.4) is 0 Å². The number of hydrogen-bond donors (Lipinski definition) is 0. The molecule has 0 aliphatic heterocycles. The summed E-state index contributed by atoms with van der Waals surface area (Å²) in [5.41, 5.74) is 0.368. The van der Waals surface area contributed by atoms with Gasteiger partial charge in [0.25, 0.3) is 0 Å². The molecule has 0 saturated heterocycles. The van der Waals surface area contributed by atoms with Gasteiger partial charge in [0.05, 0.1) is 0 Å². The van der Waals surface area contributed by atoms with Crippen LogP contribution in [0.4, 0.5) is 0 Å². The van der Waals surface area contributed by atoms with Crippen molar-refractivity contribution in [1.82, 2.24) is 0 Å². The highest BCUT2D eigenvalue weighted by Gasteiger charge is 2.50. The van der Waals surface area contributed by atoms with E-state index in [-0.39, 0.29) is 0 Å². The molecule has 104 valence electrons. The van der Waals surface area contributed by atoms with Crippen molar-refractivity contribution in [3.63, 3.8) is 0 Å². The third kappa shape index (κ3) is 2.81. The lowest BCUT2D eigenvalue weighted by Crippen LogP contribution is -2.37. The van der Waals surface area contributed by atoms with Crippen LogP contribution in [-0.4, -0.2) is 5.78 Å². The van der Waals surface area contributed by atoms with E-state index in [1.165, 1.54) is 44.9 Å². The third-order valence-corrected chi connectivity index (χ3v) is 5.64. The van der Waals surface area contributed by atoms with Gasteiger partial charge in [-0.05, 0) is 49.4 Å². The minimum atomic E-state index is 0.368. The molecule has 0 unspecified atom stereocenters. The summed E-state index contributed by atoms with van der Waals surface area (Å²) in [7, 11) is 0. The van der Waals surface area contributed by atoms with Gasteiger partial charge in [0.2, 0.25) is 0 Å². The molecule has 2 rings (SSSR count). The Balaban J connectivity index is 1.84. The van der Waals surface area contributed by atoms with Gasteiger partial charge < -0.3 is 0 Å². The van der Waals surface area contributed by atoms with E-state index in [0.717, 1.165) is 24.7 Å². The standard InChI is InChI=1S/C17H30O/c1-13(2)7-4-5-8-14-10-11-15-16(18)9-6-12-17(14,15)3/h13-15H,4-12H2,1-3H3/t14-,15-,17+/m0/s1. The first-order valence-corrected chi connectivity index (χ1v) is 8.06. The maximum Gasteiger partial charge on any atom is 0.136 e. The lowest BCUT2D eigenvalue weighted by Gasteiger charge is -2.40. The molecule has 0 aromatic heterocycles. The largest absolute Gasteiger partial charge is 0.299 e. The van der Waals surface area contributed by atoms with Crippen molar-refractivity contribution in [3.05, 3.63) is 0 Å². The van der Waals surface area contributed by atoms with Gasteiger partial charge in [-0.3, -0.25) is 4.79 Å². The molecule has 2 aliphatic rings. The van der Waals surface area contributed by atoms with Gasteiger partial charge >= 0.3 is 0 Å². The Morgan fingerprint density at radius 1 is 1.28 bits per heavy atom. The second-order valence-electron chi connectivity index (χ2n) is 7.33. The van der Waals surface area contributed by atoms with Gasteiger partial charge in [0, 0.05) is 12.3 Å². The molecule has 0 bridgehead atoms. The minimum absolute atomic E-state index is 0.368. The summed E-state index contributed by atoms with van der Waals surface area (Å²) in [5, 5.41) is 0. The summed E-state index contributed by atoms with van der Waals surface area (Å²) < 4.78 is 0. The fourth-order valence-corrected chi connectivity index (χ4v) is 4.45. The lowest BCUT2D eigenvalue weighted by molar-refractivity contribution is -0.129. The first kappa shape index (κ1) is 14.1. The molecule has 2 fully saturated rings. The topological polar surface area (TPSA) is 17.1 Å². The van der Waals surface area contributed by atoms with Gasteiger partial charge in [0.1, 0.15) is 5.78 Å². The van der Waals surface area contributed by atoms with Crippen LogP contribution in [0.5, 0.6) is 0 Å². The Morgan fingerprint density at radius 2 is 2.06 bits per heavy atom. The molecular formula is C17H30O. The van der Waals surface area contributed by atoms with Crippen molar-refractivity contribution >= 4 is 5.78 Å². The molecule has 2 saturated carbocycles. The monoisotopic (exact) mass is 250 g/mol. The zero-order valence-electron chi connectivity index (χ0n) is 12.5. The Morgan fingerprint density at radius 3 is 2.78 bits per heavy atom. The number of ketones is 1. The van der Waals surface area contributed by atoms with Gasteiger partial charge in [-0.15, -0.1) is 0 Å². The molecule has 0 aromatic carbocycles. The molecule has 0 N–H and O–H groups in total.